The van der Waals surface area contributed by atoms with Crippen LogP contribution in [0.15, 0.2) is 24.3 Å². The smallest absolute Gasteiger partial charge is 0.0315 e. The topological polar surface area (TPSA) is 52.0 Å². The number of anilines is 2. The predicted octanol–water partition coefficient (Wildman–Crippen LogP) is 3.08. The van der Waals surface area contributed by atoms with Crippen molar-refractivity contribution in [1.82, 2.24) is 0 Å². The van der Waals surface area contributed by atoms with E-state index in [1.165, 1.54) is 12.8 Å². The Morgan fingerprint density at radius 2 is 1.08 bits per heavy atom. The Morgan fingerprint density at radius 1 is 0.846 bits per heavy atom. The highest BCUT2D eigenvalue weighted by molar-refractivity contribution is 5.85. The summed E-state index contributed by atoms with van der Waals surface area (Å²) < 4.78 is 0. The maximum absolute atomic E-state index is 5.37. The summed E-state index contributed by atoms with van der Waals surface area (Å²) in [5.74, 6) is 0. The number of rotatable bonds is 1. The van der Waals surface area contributed by atoms with E-state index in [0.29, 0.717) is 0 Å². The average molecular weight is 203 g/mol. The molecule has 4 N–H and O–H groups in total. The maximum Gasteiger partial charge on any atom is 0.0315 e. The normalized spacial score (nSPS) is 7.85. The largest absolute Gasteiger partial charge is 0.399 e. The lowest BCUT2D eigenvalue weighted by molar-refractivity contribution is 0.886. The minimum Gasteiger partial charge on any atom is -0.399 e. The summed E-state index contributed by atoms with van der Waals surface area (Å²) in [5, 5.41) is 0. The molecule has 0 spiro atoms. The van der Waals surface area contributed by atoms with E-state index in [-0.39, 0.29) is 12.4 Å². The molecule has 0 aliphatic carbocycles. The lowest BCUT2D eigenvalue weighted by Gasteiger charge is -1.90. The first-order chi connectivity index (χ1) is 5.70. The summed E-state index contributed by atoms with van der Waals surface area (Å²) in [6.07, 6.45) is 2.64. The molecule has 0 fully saturated rings. The van der Waals surface area contributed by atoms with E-state index in [1.807, 2.05) is 0 Å². The van der Waals surface area contributed by atoms with Gasteiger partial charge in [0.05, 0.1) is 0 Å². The number of halogens is 1. The van der Waals surface area contributed by atoms with Crippen molar-refractivity contribution in [3.05, 3.63) is 24.3 Å². The van der Waals surface area contributed by atoms with Gasteiger partial charge < -0.3 is 11.5 Å². The van der Waals surface area contributed by atoms with Crippen LogP contribution >= 0.6 is 12.4 Å². The van der Waals surface area contributed by atoms with Gasteiger partial charge in [-0.2, -0.15) is 0 Å². The molecule has 0 heterocycles. The molecule has 0 amide bonds. The van der Waals surface area contributed by atoms with E-state index in [0.717, 1.165) is 11.4 Å². The lowest BCUT2D eigenvalue weighted by Crippen LogP contribution is -1.86. The summed E-state index contributed by atoms with van der Waals surface area (Å²) >= 11 is 0. The maximum atomic E-state index is 5.37. The minimum atomic E-state index is 0. The molecule has 0 bridgehead atoms. The predicted molar refractivity (Wildman–Crippen MR) is 63.1 cm³/mol. The Hall–Kier alpha value is -0.890. The fourth-order valence-corrected chi connectivity index (χ4v) is 0.496. The van der Waals surface area contributed by atoms with Gasteiger partial charge in [0.25, 0.3) is 0 Å². The summed E-state index contributed by atoms with van der Waals surface area (Å²) in [4.78, 5) is 0. The second-order valence-corrected chi connectivity index (χ2v) is 2.67. The van der Waals surface area contributed by atoms with Gasteiger partial charge in [-0.15, -0.1) is 12.4 Å². The van der Waals surface area contributed by atoms with E-state index in [2.05, 4.69) is 13.8 Å². The van der Waals surface area contributed by atoms with Crippen LogP contribution in [0.5, 0.6) is 0 Å². The number of nitrogen functional groups attached to an aromatic ring is 2. The third kappa shape index (κ3) is 9.02. The molecule has 0 unspecified atom stereocenters. The van der Waals surface area contributed by atoms with Crippen LogP contribution in [0.2, 0.25) is 0 Å². The van der Waals surface area contributed by atoms with Crippen LogP contribution < -0.4 is 11.5 Å². The van der Waals surface area contributed by atoms with Gasteiger partial charge in [0.1, 0.15) is 0 Å². The highest BCUT2D eigenvalue weighted by Crippen LogP contribution is 2.04. The Labute approximate surface area is 86.7 Å². The first kappa shape index (κ1) is 14.6. The van der Waals surface area contributed by atoms with Crippen molar-refractivity contribution >= 4 is 23.8 Å². The highest BCUT2D eigenvalue weighted by atomic mass is 35.5. The van der Waals surface area contributed by atoms with Crippen molar-refractivity contribution < 1.29 is 0 Å². The molecule has 13 heavy (non-hydrogen) atoms. The second kappa shape index (κ2) is 9.20. The Balaban J connectivity index is 0. The first-order valence-corrected chi connectivity index (χ1v) is 4.31. The van der Waals surface area contributed by atoms with Crippen LogP contribution in [0.3, 0.4) is 0 Å². The van der Waals surface area contributed by atoms with Crippen molar-refractivity contribution in [1.29, 1.82) is 0 Å². The van der Waals surface area contributed by atoms with Gasteiger partial charge in [0.15, 0.2) is 0 Å². The quantitative estimate of drug-likeness (QED) is 0.688. The molecule has 1 aromatic rings. The van der Waals surface area contributed by atoms with Crippen LogP contribution in [-0.2, 0) is 0 Å². The Bertz CT molecular complexity index is 174. The zero-order valence-electron chi connectivity index (χ0n) is 8.29. The first-order valence-electron chi connectivity index (χ1n) is 4.31. The van der Waals surface area contributed by atoms with E-state index in [1.54, 1.807) is 24.3 Å². The summed E-state index contributed by atoms with van der Waals surface area (Å²) in [6, 6.07) is 7.09. The van der Waals surface area contributed by atoms with E-state index in [9.17, 15) is 0 Å². The van der Waals surface area contributed by atoms with Gasteiger partial charge in [-0.3, -0.25) is 0 Å². The molecule has 76 valence electrons. The highest BCUT2D eigenvalue weighted by Gasteiger charge is 1.80. The molecule has 3 heteroatoms. The lowest BCUT2D eigenvalue weighted by atomic mass is 10.3. The zero-order valence-corrected chi connectivity index (χ0v) is 9.10. The SMILES string of the molecule is CCCC.Cl.Nc1ccc(N)cc1. The van der Waals surface area contributed by atoms with Gasteiger partial charge >= 0.3 is 0 Å². The van der Waals surface area contributed by atoms with Crippen molar-refractivity contribution in [3.63, 3.8) is 0 Å². The van der Waals surface area contributed by atoms with Gasteiger partial charge in [0, 0.05) is 11.4 Å². The number of nitrogens with two attached hydrogens (primary N) is 2. The summed E-state index contributed by atoms with van der Waals surface area (Å²) in [7, 11) is 0. The Kier molecular flexibility index (Phi) is 10.3. The van der Waals surface area contributed by atoms with Gasteiger partial charge in [-0.05, 0) is 24.3 Å². The molecule has 0 saturated carbocycles. The number of unbranched alkanes of at least 4 members (excludes halogenated alkanes) is 1. The summed E-state index contributed by atoms with van der Waals surface area (Å²) in [6.45, 7) is 4.36. The Morgan fingerprint density at radius 3 is 1.23 bits per heavy atom. The molecule has 0 atom stereocenters. The second-order valence-electron chi connectivity index (χ2n) is 2.67. The van der Waals surface area contributed by atoms with Crippen molar-refractivity contribution in [2.45, 2.75) is 26.7 Å². The van der Waals surface area contributed by atoms with Crippen molar-refractivity contribution in [2.75, 3.05) is 11.5 Å². The number of hydrogen-bond acceptors (Lipinski definition) is 2. The van der Waals surface area contributed by atoms with E-state index in [4.69, 9.17) is 11.5 Å². The molecule has 0 aromatic heterocycles. The molecule has 1 aromatic carbocycles. The zero-order chi connectivity index (χ0) is 9.40. The van der Waals surface area contributed by atoms with Crippen LogP contribution in [0.25, 0.3) is 0 Å². The van der Waals surface area contributed by atoms with Crippen LogP contribution in [0, 0.1) is 0 Å². The number of hydrogen-bond donors (Lipinski definition) is 2. The number of benzene rings is 1. The standard InChI is InChI=1S/C6H8N2.C4H10.ClH/c7-5-1-2-6(8)4-3-5;1-3-4-2;/h1-4H,7-8H2;3-4H2,1-2H3;1H. The van der Waals surface area contributed by atoms with Crippen LogP contribution in [0.4, 0.5) is 11.4 Å². The van der Waals surface area contributed by atoms with Crippen molar-refractivity contribution in [2.24, 2.45) is 0 Å². The van der Waals surface area contributed by atoms with Crippen LogP contribution in [0.1, 0.15) is 26.7 Å². The molecular formula is C10H19ClN2. The molecule has 0 saturated heterocycles. The fourth-order valence-electron chi connectivity index (χ4n) is 0.496. The summed E-state index contributed by atoms with van der Waals surface area (Å²) in [5.41, 5.74) is 12.2. The minimum absolute atomic E-state index is 0. The third-order valence-corrected chi connectivity index (χ3v) is 1.44. The third-order valence-electron chi connectivity index (χ3n) is 1.44. The van der Waals surface area contributed by atoms with Gasteiger partial charge in [0.2, 0.25) is 0 Å². The van der Waals surface area contributed by atoms with Crippen LogP contribution in [-0.4, -0.2) is 0 Å². The van der Waals surface area contributed by atoms with E-state index < -0.39 is 0 Å². The fraction of sp³-hybridized carbons (Fsp3) is 0.400. The van der Waals surface area contributed by atoms with E-state index >= 15 is 0 Å². The van der Waals surface area contributed by atoms with Crippen molar-refractivity contribution in [3.8, 4) is 0 Å². The monoisotopic (exact) mass is 202 g/mol. The van der Waals surface area contributed by atoms with Gasteiger partial charge in [-0.25, -0.2) is 0 Å². The molecule has 0 radical (unpaired) electrons. The average Bonchev–Trinajstić information content (AvgIpc) is 2.11. The molecule has 0 aliphatic rings. The molecule has 1 rings (SSSR count). The van der Waals surface area contributed by atoms with Gasteiger partial charge in [-0.1, -0.05) is 26.7 Å². The molecule has 0 aliphatic heterocycles. The molecular weight excluding hydrogens is 184 g/mol. The molecule has 2 nitrogen and oxygen atoms in total.